The van der Waals surface area contributed by atoms with E-state index in [9.17, 15) is 37.1 Å². The minimum absolute atomic E-state index is 0.0228. The summed E-state index contributed by atoms with van der Waals surface area (Å²) in [7, 11) is 0. The summed E-state index contributed by atoms with van der Waals surface area (Å²) in [6.45, 7) is 1.29. The number of alkyl halides is 2. The Labute approximate surface area is 179 Å². The lowest BCUT2D eigenvalue weighted by molar-refractivity contribution is -0.0488. The number of aromatic nitrogens is 1. The lowest BCUT2D eigenvalue weighted by Crippen LogP contribution is -2.52. The van der Waals surface area contributed by atoms with Crippen molar-refractivity contribution in [2.75, 3.05) is 6.54 Å². The van der Waals surface area contributed by atoms with Crippen LogP contribution in [-0.2, 0) is 6.54 Å². The fourth-order valence-corrected chi connectivity index (χ4v) is 4.46. The smallest absolute Gasteiger partial charge is 0.274 e. The van der Waals surface area contributed by atoms with Gasteiger partial charge in [-0.25, -0.2) is 17.6 Å². The van der Waals surface area contributed by atoms with E-state index in [1.165, 1.54) is 4.90 Å². The normalized spacial score (nSPS) is 21.3. The third kappa shape index (κ3) is 3.32. The Morgan fingerprint density at radius 2 is 2.00 bits per heavy atom. The Bertz CT molecular complexity index is 1180. The fourth-order valence-electron chi connectivity index (χ4n) is 4.46. The number of likely N-dealkylation sites (N-methyl/N-ethyl adjacent to an activating group) is 1. The second-order valence-electron chi connectivity index (χ2n) is 7.80. The van der Waals surface area contributed by atoms with E-state index >= 15 is 0 Å². The Morgan fingerprint density at radius 1 is 1.28 bits per heavy atom. The number of nitrogens with zero attached hydrogens (tertiary/aromatic N) is 2. The number of carbonyl (C=O) groups is 2. The van der Waals surface area contributed by atoms with Crippen LogP contribution in [-0.4, -0.2) is 44.9 Å². The van der Waals surface area contributed by atoms with E-state index in [1.807, 2.05) is 0 Å². The largest absolute Gasteiger partial charge is 0.503 e. The number of benzene rings is 1. The number of halogens is 4. The number of hydrogen-bond donors (Lipinski definition) is 2. The highest BCUT2D eigenvalue weighted by Crippen LogP contribution is 2.49. The van der Waals surface area contributed by atoms with Crippen LogP contribution in [0.3, 0.4) is 0 Å². The van der Waals surface area contributed by atoms with Gasteiger partial charge in [0.2, 0.25) is 5.43 Å². The van der Waals surface area contributed by atoms with Crippen molar-refractivity contribution in [2.24, 2.45) is 0 Å². The Morgan fingerprint density at radius 3 is 2.66 bits per heavy atom. The van der Waals surface area contributed by atoms with Gasteiger partial charge < -0.3 is 19.9 Å². The van der Waals surface area contributed by atoms with Crippen LogP contribution in [0.5, 0.6) is 5.75 Å². The number of amides is 2. The summed E-state index contributed by atoms with van der Waals surface area (Å²) < 4.78 is 57.1. The number of rotatable bonds is 4. The molecule has 170 valence electrons. The van der Waals surface area contributed by atoms with E-state index < -0.39 is 76.9 Å². The van der Waals surface area contributed by atoms with Gasteiger partial charge in [-0.05, 0) is 19.4 Å². The zero-order chi connectivity index (χ0) is 23.4. The second kappa shape index (κ2) is 7.64. The van der Waals surface area contributed by atoms with Gasteiger partial charge in [0.25, 0.3) is 17.7 Å². The van der Waals surface area contributed by atoms with Crippen LogP contribution in [0.2, 0.25) is 0 Å². The summed E-state index contributed by atoms with van der Waals surface area (Å²) in [5.41, 5.74) is -2.55. The summed E-state index contributed by atoms with van der Waals surface area (Å²) in [5, 5.41) is 12.7. The van der Waals surface area contributed by atoms with E-state index in [-0.39, 0.29) is 18.5 Å². The molecule has 0 saturated heterocycles. The molecular formula is C21H19F4N3O4. The minimum Gasteiger partial charge on any atom is -0.503 e. The molecule has 1 aromatic carbocycles. The van der Waals surface area contributed by atoms with Gasteiger partial charge in [-0.15, -0.1) is 0 Å². The number of pyridine rings is 1. The third-order valence-electron chi connectivity index (χ3n) is 5.98. The lowest BCUT2D eigenvalue weighted by Gasteiger charge is -2.41. The molecule has 0 bridgehead atoms. The fraction of sp³-hybridized carbons (Fsp3) is 0.381. The maximum absolute atomic E-state index is 14.7. The summed E-state index contributed by atoms with van der Waals surface area (Å²) in [6.07, 6.45) is 0.369. The lowest BCUT2D eigenvalue weighted by atomic mass is 10.0. The van der Waals surface area contributed by atoms with Crippen molar-refractivity contribution >= 4 is 11.8 Å². The van der Waals surface area contributed by atoms with Crippen LogP contribution in [0.1, 0.15) is 52.2 Å². The van der Waals surface area contributed by atoms with E-state index in [2.05, 4.69) is 5.32 Å². The molecule has 0 radical (unpaired) electrons. The number of fused-ring (bicyclic) bond motifs is 3. The number of aromatic hydroxyl groups is 1. The van der Waals surface area contributed by atoms with Gasteiger partial charge in [0.15, 0.2) is 11.4 Å². The molecule has 1 aliphatic heterocycles. The van der Waals surface area contributed by atoms with Gasteiger partial charge in [0.05, 0.1) is 6.04 Å². The average Bonchev–Trinajstić information content (AvgIpc) is 3.04. The molecule has 1 fully saturated rings. The van der Waals surface area contributed by atoms with Crippen molar-refractivity contribution in [1.29, 1.82) is 0 Å². The molecular weight excluding hydrogens is 434 g/mol. The van der Waals surface area contributed by atoms with Crippen molar-refractivity contribution in [1.82, 2.24) is 14.8 Å². The average molecular weight is 453 g/mol. The monoisotopic (exact) mass is 453 g/mol. The topological polar surface area (TPSA) is 91.6 Å². The first-order valence-electron chi connectivity index (χ1n) is 9.95. The van der Waals surface area contributed by atoms with E-state index in [0.29, 0.717) is 6.07 Å². The van der Waals surface area contributed by atoms with Gasteiger partial charge >= 0.3 is 0 Å². The molecule has 2 amide bonds. The quantitative estimate of drug-likeness (QED) is 0.697. The molecule has 2 aliphatic rings. The zero-order valence-corrected chi connectivity index (χ0v) is 16.9. The molecule has 2 heterocycles. The number of nitrogens with one attached hydrogen (secondary N) is 1. The van der Waals surface area contributed by atoms with E-state index in [1.54, 1.807) is 6.92 Å². The van der Waals surface area contributed by atoms with Crippen LogP contribution < -0.4 is 10.7 Å². The molecule has 0 spiro atoms. The number of carbonyl (C=O) groups excluding carboxylic acids is 2. The first kappa shape index (κ1) is 21.8. The molecule has 2 aromatic rings. The van der Waals surface area contributed by atoms with Gasteiger partial charge in [-0.2, -0.15) is 0 Å². The molecule has 1 aliphatic carbocycles. The summed E-state index contributed by atoms with van der Waals surface area (Å²) >= 11 is 0. The molecule has 1 saturated carbocycles. The molecule has 11 heteroatoms. The molecule has 2 atom stereocenters. The molecule has 32 heavy (non-hydrogen) atoms. The SMILES string of the molecule is CCN1C(=O)c2c(O)c(=O)c(C(=O)NCc3ccc(F)cc3F)cn2[C@H]2[C@@H]1CCC2(F)F. The molecule has 1 aromatic heterocycles. The van der Waals surface area contributed by atoms with Gasteiger partial charge in [-0.3, -0.25) is 14.4 Å². The summed E-state index contributed by atoms with van der Waals surface area (Å²) in [4.78, 5) is 39.2. The first-order valence-corrected chi connectivity index (χ1v) is 9.95. The van der Waals surface area contributed by atoms with Gasteiger partial charge in [0, 0.05) is 37.3 Å². The molecule has 2 N–H and O–H groups in total. The summed E-state index contributed by atoms with van der Waals surface area (Å²) in [5.74, 6) is -7.91. The third-order valence-corrected chi connectivity index (χ3v) is 5.98. The Balaban J connectivity index is 1.74. The van der Waals surface area contributed by atoms with Crippen molar-refractivity contribution in [3.05, 3.63) is 63.1 Å². The molecule has 7 nitrogen and oxygen atoms in total. The zero-order valence-electron chi connectivity index (χ0n) is 16.9. The highest BCUT2D eigenvalue weighted by molar-refractivity contribution is 5.99. The van der Waals surface area contributed by atoms with Crippen molar-refractivity contribution < 1.29 is 32.3 Å². The van der Waals surface area contributed by atoms with Crippen LogP contribution in [0.25, 0.3) is 0 Å². The van der Waals surface area contributed by atoms with Gasteiger partial charge in [-0.1, -0.05) is 6.07 Å². The van der Waals surface area contributed by atoms with Crippen molar-refractivity contribution in [2.45, 2.75) is 44.3 Å². The first-order chi connectivity index (χ1) is 15.1. The molecule has 0 unspecified atom stereocenters. The standard InChI is InChI=1S/C21H19F4N3O4/c1-2-27-14-5-6-21(24,25)18(14)28-9-12(16(29)17(30)15(28)20(27)32)19(31)26-8-10-3-4-11(22)7-13(10)23/h3-4,7,9,14,18,30H,2,5-6,8H2,1H3,(H,26,31)/t14-,18-/m0/s1. The van der Waals surface area contributed by atoms with Crippen molar-refractivity contribution in [3.63, 3.8) is 0 Å². The van der Waals surface area contributed by atoms with Crippen molar-refractivity contribution in [3.8, 4) is 5.75 Å². The maximum Gasteiger partial charge on any atom is 0.274 e. The minimum atomic E-state index is -3.24. The Hall–Kier alpha value is -3.37. The second-order valence-corrected chi connectivity index (χ2v) is 7.80. The van der Waals surface area contributed by atoms with Crippen LogP contribution in [0.15, 0.2) is 29.2 Å². The van der Waals surface area contributed by atoms with E-state index in [4.69, 9.17) is 0 Å². The molecule has 4 rings (SSSR count). The predicted molar refractivity (Wildman–Crippen MR) is 104 cm³/mol. The highest BCUT2D eigenvalue weighted by atomic mass is 19.3. The Kier molecular flexibility index (Phi) is 5.22. The van der Waals surface area contributed by atoms with Crippen LogP contribution >= 0.6 is 0 Å². The predicted octanol–water partition coefficient (Wildman–Crippen LogP) is 2.58. The highest BCUT2D eigenvalue weighted by Gasteiger charge is 2.57. The maximum atomic E-state index is 14.7. The van der Waals surface area contributed by atoms with Crippen LogP contribution in [0.4, 0.5) is 17.6 Å². The number of hydrogen-bond acceptors (Lipinski definition) is 4. The van der Waals surface area contributed by atoms with E-state index in [0.717, 1.165) is 22.9 Å². The summed E-state index contributed by atoms with van der Waals surface area (Å²) in [6, 6.07) is 0.291. The van der Waals surface area contributed by atoms with Crippen LogP contribution in [0, 0.1) is 11.6 Å². The van der Waals surface area contributed by atoms with Gasteiger partial charge in [0.1, 0.15) is 23.2 Å².